The van der Waals surface area contributed by atoms with Crippen molar-refractivity contribution in [3.8, 4) is 0 Å². The molecule has 2 unspecified atom stereocenters. The van der Waals surface area contributed by atoms with Crippen LogP contribution in [0.15, 0.2) is 11.4 Å². The molecular formula is C13H20N2S. The molecule has 0 aliphatic carbocycles. The van der Waals surface area contributed by atoms with E-state index in [0.717, 1.165) is 12.0 Å². The van der Waals surface area contributed by atoms with E-state index in [1.165, 1.54) is 44.6 Å². The van der Waals surface area contributed by atoms with Crippen LogP contribution in [0.4, 0.5) is 0 Å². The summed E-state index contributed by atoms with van der Waals surface area (Å²) in [6.07, 6.45) is 2.81. The Hall–Kier alpha value is -0.380. The number of rotatable bonds is 2. The number of hydrogen-bond acceptors (Lipinski definition) is 3. The zero-order valence-corrected chi connectivity index (χ0v) is 10.7. The average Bonchev–Trinajstić information content (AvgIpc) is 2.89. The lowest BCUT2D eigenvalue weighted by Gasteiger charge is -2.36. The summed E-state index contributed by atoms with van der Waals surface area (Å²) in [5, 5.41) is 5.77. The molecule has 1 N–H and O–H groups in total. The van der Waals surface area contributed by atoms with Gasteiger partial charge in [0, 0.05) is 24.0 Å². The van der Waals surface area contributed by atoms with Crippen molar-refractivity contribution >= 4 is 11.3 Å². The molecule has 0 bridgehead atoms. The smallest absolute Gasteiger partial charge is 0.0334 e. The van der Waals surface area contributed by atoms with E-state index < -0.39 is 0 Å². The molecule has 0 aromatic carbocycles. The molecule has 88 valence electrons. The van der Waals surface area contributed by atoms with Crippen molar-refractivity contribution in [2.45, 2.75) is 32.4 Å². The number of nitrogens with one attached hydrogen (secondary N) is 1. The molecule has 3 heteroatoms. The van der Waals surface area contributed by atoms with Crippen LogP contribution >= 0.6 is 11.3 Å². The van der Waals surface area contributed by atoms with Crippen molar-refractivity contribution in [2.24, 2.45) is 5.92 Å². The van der Waals surface area contributed by atoms with Gasteiger partial charge in [0.25, 0.3) is 0 Å². The van der Waals surface area contributed by atoms with Gasteiger partial charge in [-0.3, -0.25) is 4.90 Å². The average molecular weight is 236 g/mol. The van der Waals surface area contributed by atoms with Crippen LogP contribution in [-0.2, 0) is 6.54 Å². The molecular weight excluding hydrogens is 216 g/mol. The number of hydrogen-bond donors (Lipinski definition) is 1. The van der Waals surface area contributed by atoms with Crippen LogP contribution in [0.5, 0.6) is 0 Å². The highest BCUT2D eigenvalue weighted by molar-refractivity contribution is 7.10. The molecule has 3 heterocycles. The highest BCUT2D eigenvalue weighted by atomic mass is 32.1. The fourth-order valence-electron chi connectivity index (χ4n) is 3.11. The molecule has 0 saturated carbocycles. The number of nitrogens with zero attached hydrogens (tertiary/aromatic N) is 1. The second-order valence-electron chi connectivity index (χ2n) is 5.13. The normalized spacial score (nSPS) is 30.6. The Kier molecular flexibility index (Phi) is 3.01. The maximum atomic E-state index is 3.55. The predicted molar refractivity (Wildman–Crippen MR) is 68.8 cm³/mol. The summed E-state index contributed by atoms with van der Waals surface area (Å²) >= 11 is 1.92. The van der Waals surface area contributed by atoms with Crippen molar-refractivity contribution in [2.75, 3.05) is 19.6 Å². The molecule has 0 spiro atoms. The van der Waals surface area contributed by atoms with Gasteiger partial charge in [-0.05, 0) is 55.8 Å². The molecule has 3 rings (SSSR count). The molecule has 1 aromatic rings. The van der Waals surface area contributed by atoms with Gasteiger partial charge >= 0.3 is 0 Å². The standard InChI is InChI=1S/C13H20N2S/c1-10-4-6-16-13(10)9-15-5-2-3-11-7-14-8-12(11)15/h4,6,11-12,14H,2-3,5,7-9H2,1H3. The number of piperidine rings is 1. The van der Waals surface area contributed by atoms with E-state index >= 15 is 0 Å². The van der Waals surface area contributed by atoms with Crippen LogP contribution in [0.25, 0.3) is 0 Å². The molecule has 0 amide bonds. The van der Waals surface area contributed by atoms with Gasteiger partial charge in [-0.1, -0.05) is 0 Å². The monoisotopic (exact) mass is 236 g/mol. The van der Waals surface area contributed by atoms with Gasteiger partial charge in [-0.25, -0.2) is 0 Å². The number of fused-ring (bicyclic) bond motifs is 1. The Labute approximate surface area is 102 Å². The van der Waals surface area contributed by atoms with Crippen LogP contribution in [0, 0.1) is 12.8 Å². The van der Waals surface area contributed by atoms with E-state index in [0.29, 0.717) is 0 Å². The summed E-state index contributed by atoms with van der Waals surface area (Å²) in [4.78, 5) is 4.26. The zero-order valence-electron chi connectivity index (χ0n) is 9.91. The highest BCUT2D eigenvalue weighted by Crippen LogP contribution is 2.29. The minimum atomic E-state index is 0.801. The molecule has 2 atom stereocenters. The third-order valence-corrected chi connectivity index (χ3v) is 5.12. The number of thiophene rings is 1. The number of likely N-dealkylation sites (tertiary alicyclic amines) is 1. The van der Waals surface area contributed by atoms with Crippen LogP contribution in [0.1, 0.15) is 23.3 Å². The Bertz CT molecular complexity index is 361. The molecule has 16 heavy (non-hydrogen) atoms. The predicted octanol–water partition coefficient (Wildman–Crippen LogP) is 2.24. The van der Waals surface area contributed by atoms with Gasteiger partial charge < -0.3 is 5.32 Å². The summed E-state index contributed by atoms with van der Waals surface area (Å²) in [6.45, 7) is 7.15. The van der Waals surface area contributed by atoms with E-state index in [4.69, 9.17) is 0 Å². The first-order valence-electron chi connectivity index (χ1n) is 6.32. The molecule has 2 nitrogen and oxygen atoms in total. The third kappa shape index (κ3) is 1.92. The second-order valence-corrected chi connectivity index (χ2v) is 6.13. The maximum absolute atomic E-state index is 3.55. The van der Waals surface area contributed by atoms with Crippen molar-refractivity contribution in [1.82, 2.24) is 10.2 Å². The largest absolute Gasteiger partial charge is 0.315 e. The SMILES string of the molecule is Cc1ccsc1CN1CCCC2CNCC21. The van der Waals surface area contributed by atoms with Crippen molar-refractivity contribution < 1.29 is 0 Å². The second kappa shape index (κ2) is 4.47. The molecule has 2 aliphatic heterocycles. The highest BCUT2D eigenvalue weighted by Gasteiger charge is 2.34. The fraction of sp³-hybridized carbons (Fsp3) is 0.692. The zero-order chi connectivity index (χ0) is 11.0. The number of aryl methyl sites for hydroxylation is 1. The maximum Gasteiger partial charge on any atom is 0.0334 e. The molecule has 1 aromatic heterocycles. The van der Waals surface area contributed by atoms with Gasteiger partial charge in [-0.2, -0.15) is 0 Å². The van der Waals surface area contributed by atoms with Gasteiger partial charge in [0.15, 0.2) is 0 Å². The lowest BCUT2D eigenvalue weighted by molar-refractivity contribution is 0.118. The van der Waals surface area contributed by atoms with Crippen LogP contribution in [0.3, 0.4) is 0 Å². The summed E-state index contributed by atoms with van der Waals surface area (Å²) in [5.74, 6) is 0.911. The summed E-state index contributed by atoms with van der Waals surface area (Å²) in [7, 11) is 0. The van der Waals surface area contributed by atoms with Gasteiger partial charge in [0.1, 0.15) is 0 Å². The lowest BCUT2D eigenvalue weighted by Crippen LogP contribution is -2.44. The van der Waals surface area contributed by atoms with Gasteiger partial charge in [0.05, 0.1) is 0 Å². The molecule has 2 fully saturated rings. The van der Waals surface area contributed by atoms with Gasteiger partial charge in [0.2, 0.25) is 0 Å². The quantitative estimate of drug-likeness (QED) is 0.847. The van der Waals surface area contributed by atoms with Crippen LogP contribution in [0.2, 0.25) is 0 Å². The first-order chi connectivity index (χ1) is 7.84. The Balaban J connectivity index is 1.72. The first-order valence-corrected chi connectivity index (χ1v) is 7.20. The topological polar surface area (TPSA) is 15.3 Å². The van der Waals surface area contributed by atoms with Gasteiger partial charge in [-0.15, -0.1) is 11.3 Å². The van der Waals surface area contributed by atoms with E-state index in [9.17, 15) is 0 Å². The lowest BCUT2D eigenvalue weighted by atomic mass is 9.92. The van der Waals surface area contributed by atoms with Crippen molar-refractivity contribution in [3.05, 3.63) is 21.9 Å². The Morgan fingerprint density at radius 2 is 2.44 bits per heavy atom. The van der Waals surface area contributed by atoms with Crippen LogP contribution in [-0.4, -0.2) is 30.6 Å². The molecule has 2 saturated heterocycles. The van der Waals surface area contributed by atoms with E-state index in [1.807, 2.05) is 11.3 Å². The first kappa shape index (κ1) is 10.8. The van der Waals surface area contributed by atoms with E-state index in [2.05, 4.69) is 28.6 Å². The molecule has 0 radical (unpaired) electrons. The van der Waals surface area contributed by atoms with Crippen molar-refractivity contribution in [1.29, 1.82) is 0 Å². The minimum absolute atomic E-state index is 0.801. The minimum Gasteiger partial charge on any atom is -0.315 e. The third-order valence-electron chi connectivity index (χ3n) is 4.11. The summed E-state index contributed by atoms with van der Waals surface area (Å²) in [5.41, 5.74) is 1.47. The van der Waals surface area contributed by atoms with E-state index in [-0.39, 0.29) is 0 Å². The van der Waals surface area contributed by atoms with E-state index in [1.54, 1.807) is 4.88 Å². The Morgan fingerprint density at radius 1 is 1.50 bits per heavy atom. The molecule has 2 aliphatic rings. The van der Waals surface area contributed by atoms with Crippen LogP contribution < -0.4 is 5.32 Å². The van der Waals surface area contributed by atoms with Crippen molar-refractivity contribution in [3.63, 3.8) is 0 Å². The summed E-state index contributed by atoms with van der Waals surface area (Å²) in [6, 6.07) is 3.05. The Morgan fingerprint density at radius 3 is 3.25 bits per heavy atom. The summed E-state index contributed by atoms with van der Waals surface area (Å²) < 4.78 is 0. The fourth-order valence-corrected chi connectivity index (χ4v) is 4.04.